The highest BCUT2D eigenvalue weighted by molar-refractivity contribution is 14.1. The Morgan fingerprint density at radius 1 is 1.29 bits per heavy atom. The molecule has 1 heterocycles. The van der Waals surface area contributed by atoms with E-state index in [4.69, 9.17) is 4.98 Å². The molecular formula is C17H20FIN2. The zero-order chi connectivity index (χ0) is 14.8. The van der Waals surface area contributed by atoms with Crippen LogP contribution in [0.4, 0.5) is 10.1 Å². The second-order valence-corrected chi connectivity index (χ2v) is 6.95. The molecule has 1 fully saturated rings. The molecule has 0 unspecified atom stereocenters. The zero-order valence-electron chi connectivity index (χ0n) is 12.3. The minimum Gasteiger partial charge on any atom is -0.384 e. The topological polar surface area (TPSA) is 24.9 Å². The molecular weight excluding hydrogens is 378 g/mol. The number of aromatic nitrogens is 1. The molecule has 1 aromatic heterocycles. The summed E-state index contributed by atoms with van der Waals surface area (Å²) in [5.41, 5.74) is 3.13. The fourth-order valence-corrected chi connectivity index (χ4v) is 3.82. The van der Waals surface area contributed by atoms with Crippen molar-refractivity contribution < 1.29 is 4.39 Å². The van der Waals surface area contributed by atoms with E-state index in [9.17, 15) is 4.39 Å². The first-order valence-corrected chi connectivity index (χ1v) is 8.80. The lowest BCUT2D eigenvalue weighted by atomic mass is 10.0. The number of fused-ring (bicyclic) bond motifs is 1. The number of nitrogens with zero attached hydrogens (tertiary/aromatic N) is 1. The number of pyridine rings is 1. The number of hydrogen-bond donors (Lipinski definition) is 1. The number of rotatable bonds is 4. The molecule has 2 nitrogen and oxygen atoms in total. The molecule has 4 heteroatoms. The number of nitrogens with one attached hydrogen (secondary N) is 1. The van der Waals surface area contributed by atoms with Gasteiger partial charge in [0, 0.05) is 32.8 Å². The molecule has 0 bridgehead atoms. The van der Waals surface area contributed by atoms with Gasteiger partial charge in [-0.15, -0.1) is 0 Å². The van der Waals surface area contributed by atoms with Crippen LogP contribution in [0, 0.1) is 9.39 Å². The molecule has 0 radical (unpaired) electrons. The van der Waals surface area contributed by atoms with Crippen molar-refractivity contribution in [2.45, 2.75) is 44.9 Å². The summed E-state index contributed by atoms with van der Waals surface area (Å²) in [6.07, 6.45) is 6.09. The molecule has 3 rings (SSSR count). The normalized spacial score (nSPS) is 15.8. The van der Waals surface area contributed by atoms with Crippen LogP contribution < -0.4 is 5.32 Å². The summed E-state index contributed by atoms with van der Waals surface area (Å²) in [5, 5.41) is 4.34. The summed E-state index contributed by atoms with van der Waals surface area (Å²) < 4.78 is 14.6. The molecule has 112 valence electrons. The highest BCUT2D eigenvalue weighted by Gasteiger charge is 2.20. The Labute approximate surface area is 138 Å². The molecule has 0 spiro atoms. The molecule has 0 amide bonds. The average molecular weight is 398 g/mol. The van der Waals surface area contributed by atoms with Gasteiger partial charge in [0.25, 0.3) is 0 Å². The lowest BCUT2D eigenvalue weighted by Gasteiger charge is -2.15. The van der Waals surface area contributed by atoms with Crippen LogP contribution in [0.3, 0.4) is 0 Å². The predicted molar refractivity (Wildman–Crippen MR) is 94.4 cm³/mol. The second kappa shape index (κ2) is 6.46. The van der Waals surface area contributed by atoms with Gasteiger partial charge in [0.1, 0.15) is 5.82 Å². The van der Waals surface area contributed by atoms with Crippen LogP contribution >= 0.6 is 22.6 Å². The monoisotopic (exact) mass is 398 g/mol. The van der Waals surface area contributed by atoms with Gasteiger partial charge in [-0.1, -0.05) is 19.8 Å². The fraction of sp³-hybridized carbons (Fsp3) is 0.471. The maximum Gasteiger partial charge on any atom is 0.125 e. The Hall–Kier alpha value is -0.910. The maximum atomic E-state index is 13.7. The van der Waals surface area contributed by atoms with Gasteiger partial charge in [-0.2, -0.15) is 0 Å². The van der Waals surface area contributed by atoms with E-state index in [1.54, 1.807) is 12.1 Å². The molecule has 1 saturated carbocycles. The Morgan fingerprint density at radius 2 is 2.05 bits per heavy atom. The van der Waals surface area contributed by atoms with E-state index < -0.39 is 0 Å². The first-order chi connectivity index (χ1) is 10.2. The maximum absolute atomic E-state index is 13.7. The third-order valence-electron chi connectivity index (χ3n) is 4.19. The fourth-order valence-electron chi connectivity index (χ4n) is 3.11. The molecule has 1 aromatic carbocycles. The highest BCUT2D eigenvalue weighted by atomic mass is 127. The van der Waals surface area contributed by atoms with Crippen LogP contribution in [-0.2, 0) is 0 Å². The minimum atomic E-state index is -0.193. The van der Waals surface area contributed by atoms with E-state index in [2.05, 4.69) is 40.9 Å². The van der Waals surface area contributed by atoms with Crippen LogP contribution in [0.5, 0.6) is 0 Å². The van der Waals surface area contributed by atoms with Crippen LogP contribution in [0.15, 0.2) is 18.2 Å². The van der Waals surface area contributed by atoms with Crippen molar-refractivity contribution in [1.82, 2.24) is 4.98 Å². The van der Waals surface area contributed by atoms with Crippen molar-refractivity contribution in [2.75, 3.05) is 11.9 Å². The first-order valence-electron chi connectivity index (χ1n) is 7.72. The van der Waals surface area contributed by atoms with Gasteiger partial charge in [-0.05, 0) is 60.1 Å². The molecule has 1 aliphatic rings. The third kappa shape index (κ3) is 3.15. The molecule has 1 aliphatic carbocycles. The molecule has 0 aliphatic heterocycles. The largest absolute Gasteiger partial charge is 0.384 e. The Morgan fingerprint density at radius 3 is 2.76 bits per heavy atom. The molecule has 21 heavy (non-hydrogen) atoms. The predicted octanol–water partition coefficient (Wildman–Crippen LogP) is 5.46. The van der Waals surface area contributed by atoms with E-state index in [1.165, 1.54) is 31.4 Å². The van der Waals surface area contributed by atoms with E-state index in [-0.39, 0.29) is 5.82 Å². The van der Waals surface area contributed by atoms with Gasteiger partial charge in [-0.25, -0.2) is 4.39 Å². The SMILES string of the molecule is CCCNc1cc(C2CCCC2)nc2c(I)cc(F)cc12. The summed E-state index contributed by atoms with van der Waals surface area (Å²) in [7, 11) is 0. The Balaban J connectivity index is 2.13. The van der Waals surface area contributed by atoms with E-state index >= 15 is 0 Å². The Kier molecular flexibility index (Phi) is 4.62. The summed E-state index contributed by atoms with van der Waals surface area (Å²) in [6, 6.07) is 5.31. The van der Waals surface area contributed by atoms with Crippen LogP contribution in [0.2, 0.25) is 0 Å². The second-order valence-electron chi connectivity index (χ2n) is 5.79. The summed E-state index contributed by atoms with van der Waals surface area (Å²) in [6.45, 7) is 3.04. The van der Waals surface area contributed by atoms with Gasteiger partial charge < -0.3 is 5.32 Å². The van der Waals surface area contributed by atoms with Crippen molar-refractivity contribution in [3.8, 4) is 0 Å². The van der Waals surface area contributed by atoms with Gasteiger partial charge in [0.05, 0.1) is 5.52 Å². The van der Waals surface area contributed by atoms with Gasteiger partial charge >= 0.3 is 0 Å². The van der Waals surface area contributed by atoms with Gasteiger partial charge in [-0.3, -0.25) is 4.98 Å². The van der Waals surface area contributed by atoms with Gasteiger partial charge in [0.2, 0.25) is 0 Å². The first kappa shape index (κ1) is 15.0. The van der Waals surface area contributed by atoms with Crippen molar-refractivity contribution in [2.24, 2.45) is 0 Å². The van der Waals surface area contributed by atoms with Crippen molar-refractivity contribution in [3.05, 3.63) is 33.3 Å². The average Bonchev–Trinajstić information content (AvgIpc) is 2.99. The summed E-state index contributed by atoms with van der Waals surface area (Å²) in [4.78, 5) is 4.85. The minimum absolute atomic E-state index is 0.193. The van der Waals surface area contributed by atoms with Crippen molar-refractivity contribution >= 4 is 39.2 Å². The molecule has 1 N–H and O–H groups in total. The Bertz CT molecular complexity index is 651. The standard InChI is InChI=1S/C17H20FIN2/c1-2-7-20-16-10-15(11-5-3-4-6-11)21-17-13(16)8-12(18)9-14(17)19/h8-11H,2-7H2,1H3,(H,20,21). The zero-order valence-corrected chi connectivity index (χ0v) is 14.4. The van der Waals surface area contributed by atoms with Crippen molar-refractivity contribution in [3.63, 3.8) is 0 Å². The number of halogens is 2. The van der Waals surface area contributed by atoms with E-state index in [0.717, 1.165) is 33.1 Å². The molecule has 0 saturated heterocycles. The van der Waals surface area contributed by atoms with Crippen molar-refractivity contribution in [1.29, 1.82) is 0 Å². The summed E-state index contributed by atoms with van der Waals surface area (Å²) >= 11 is 2.19. The quantitative estimate of drug-likeness (QED) is 0.692. The van der Waals surface area contributed by atoms with Crippen LogP contribution in [-0.4, -0.2) is 11.5 Å². The van der Waals surface area contributed by atoms with E-state index in [0.29, 0.717) is 5.92 Å². The molecule has 2 aromatic rings. The van der Waals surface area contributed by atoms with Gasteiger partial charge in [0.15, 0.2) is 0 Å². The van der Waals surface area contributed by atoms with E-state index in [1.807, 2.05) is 0 Å². The summed E-state index contributed by atoms with van der Waals surface area (Å²) in [5.74, 6) is 0.374. The molecule has 0 atom stereocenters. The number of benzene rings is 1. The number of hydrogen-bond acceptors (Lipinski definition) is 2. The van der Waals surface area contributed by atoms with Crippen LogP contribution in [0.25, 0.3) is 10.9 Å². The lowest BCUT2D eigenvalue weighted by molar-refractivity contribution is 0.628. The highest BCUT2D eigenvalue weighted by Crippen LogP contribution is 2.37. The third-order valence-corrected chi connectivity index (χ3v) is 5.01. The number of anilines is 1. The lowest BCUT2D eigenvalue weighted by Crippen LogP contribution is -2.05. The van der Waals surface area contributed by atoms with Crippen LogP contribution in [0.1, 0.15) is 50.6 Å². The smallest absolute Gasteiger partial charge is 0.125 e.